The number of nitrogens with one attached hydrogen (secondary N) is 1. The average Bonchev–Trinajstić information content (AvgIpc) is 3.06. The lowest BCUT2D eigenvalue weighted by Gasteiger charge is -2.14. The van der Waals surface area contributed by atoms with Gasteiger partial charge in [-0.25, -0.2) is 0 Å². The van der Waals surface area contributed by atoms with E-state index in [9.17, 15) is 23.1 Å². The topological polar surface area (TPSA) is 70.4 Å². The highest BCUT2D eigenvalue weighted by Gasteiger charge is 2.30. The van der Waals surface area contributed by atoms with E-state index in [4.69, 9.17) is 12.2 Å². The zero-order valence-corrected chi connectivity index (χ0v) is 17.3. The number of aromatic nitrogens is 2. The molecule has 0 radical (unpaired) electrons. The number of rotatable bonds is 2. The van der Waals surface area contributed by atoms with Gasteiger partial charge in [-0.2, -0.15) is 13.2 Å². The number of hydrogen-bond donors (Lipinski definition) is 2. The molecule has 0 spiro atoms. The number of aromatic amines is 1. The quantitative estimate of drug-likeness (QED) is 0.454. The van der Waals surface area contributed by atoms with Crippen molar-refractivity contribution >= 4 is 51.7 Å². The number of benzene rings is 2. The van der Waals surface area contributed by atoms with Crippen LogP contribution in [0.4, 0.5) is 18.9 Å². The molecule has 2 N–H and O–H groups in total. The largest absolute Gasteiger partial charge is 0.494 e. The predicted octanol–water partition coefficient (Wildman–Crippen LogP) is 5.64. The first-order valence-electron chi connectivity index (χ1n) is 8.47. The van der Waals surface area contributed by atoms with Crippen LogP contribution < -0.4 is 5.56 Å². The van der Waals surface area contributed by atoms with Gasteiger partial charge in [0, 0.05) is 21.8 Å². The van der Waals surface area contributed by atoms with Gasteiger partial charge in [0.05, 0.1) is 16.9 Å². The second-order valence-electron chi connectivity index (χ2n) is 6.40. The molecule has 152 valence electrons. The molecule has 2 aromatic carbocycles. The number of fused-ring (bicyclic) bond motifs is 1. The van der Waals surface area contributed by atoms with E-state index >= 15 is 0 Å². The molecule has 1 aromatic heterocycles. The standard InChI is InChI=1S/C20H11BrF3N3O2S/c21-12-4-5-16-14(8-12)10(9-25-16)6-15-17(28)26-19(30)27(18(15)29)13-3-1-2-11(7-13)20(22,23)24/h1-9,29H,(H,26,28,30). The SMILES string of the molecule is O=c1[nH]c(=S)n(-c2cccc(C(F)(F)F)c2)c(O)c1C=C1C=Nc2ccc(Br)cc21. The van der Waals surface area contributed by atoms with Crippen LogP contribution in [0.1, 0.15) is 16.7 Å². The first kappa shape index (κ1) is 20.3. The fraction of sp³-hybridized carbons (Fsp3) is 0.0500. The summed E-state index contributed by atoms with van der Waals surface area (Å²) in [6, 6.07) is 9.70. The van der Waals surface area contributed by atoms with Crippen molar-refractivity contribution in [2.45, 2.75) is 6.18 Å². The van der Waals surface area contributed by atoms with Crippen molar-refractivity contribution in [2.24, 2.45) is 4.99 Å². The number of nitrogens with zero attached hydrogens (tertiary/aromatic N) is 2. The Bertz CT molecular complexity index is 1360. The Morgan fingerprint density at radius 2 is 1.97 bits per heavy atom. The Balaban J connectivity index is 1.90. The van der Waals surface area contributed by atoms with Crippen LogP contribution in [-0.2, 0) is 6.18 Å². The van der Waals surface area contributed by atoms with Crippen molar-refractivity contribution in [3.05, 3.63) is 78.8 Å². The van der Waals surface area contributed by atoms with Crippen molar-refractivity contribution in [2.75, 3.05) is 0 Å². The molecule has 0 saturated carbocycles. The van der Waals surface area contributed by atoms with Gasteiger partial charge < -0.3 is 5.11 Å². The lowest BCUT2D eigenvalue weighted by molar-refractivity contribution is -0.137. The van der Waals surface area contributed by atoms with Crippen LogP contribution in [0.2, 0.25) is 0 Å². The molecule has 0 fully saturated rings. The maximum absolute atomic E-state index is 13.1. The Hall–Kier alpha value is -2.98. The molecule has 0 unspecified atom stereocenters. The fourth-order valence-electron chi connectivity index (χ4n) is 3.06. The molecule has 0 bridgehead atoms. The Morgan fingerprint density at radius 3 is 2.70 bits per heavy atom. The molecule has 0 aliphatic carbocycles. The van der Waals surface area contributed by atoms with E-state index in [1.165, 1.54) is 24.4 Å². The summed E-state index contributed by atoms with van der Waals surface area (Å²) >= 11 is 8.45. The molecule has 3 aromatic rings. The summed E-state index contributed by atoms with van der Waals surface area (Å²) in [5, 5.41) is 10.8. The molecule has 10 heteroatoms. The van der Waals surface area contributed by atoms with Crippen LogP contribution >= 0.6 is 28.1 Å². The zero-order chi connectivity index (χ0) is 21.6. The maximum atomic E-state index is 13.1. The van der Waals surface area contributed by atoms with E-state index in [0.717, 1.165) is 26.7 Å². The number of aliphatic imine (C=N–C) groups is 1. The number of H-pyrrole nitrogens is 1. The average molecular weight is 494 g/mol. The van der Waals surface area contributed by atoms with Gasteiger partial charge in [-0.05, 0) is 54.7 Å². The third-order valence-electron chi connectivity index (χ3n) is 4.46. The number of aromatic hydroxyl groups is 1. The summed E-state index contributed by atoms with van der Waals surface area (Å²) in [5.74, 6) is -0.576. The molecule has 2 heterocycles. The lowest BCUT2D eigenvalue weighted by Crippen LogP contribution is -2.16. The van der Waals surface area contributed by atoms with Gasteiger partial charge in [0.1, 0.15) is 5.56 Å². The summed E-state index contributed by atoms with van der Waals surface area (Å²) in [4.78, 5) is 19.1. The minimum atomic E-state index is -4.57. The van der Waals surface area contributed by atoms with Gasteiger partial charge in [0.25, 0.3) is 5.56 Å². The summed E-state index contributed by atoms with van der Waals surface area (Å²) in [5.41, 5.74) is 0.197. The van der Waals surface area contributed by atoms with Gasteiger partial charge >= 0.3 is 6.18 Å². The molecular formula is C20H11BrF3N3O2S. The second-order valence-corrected chi connectivity index (χ2v) is 7.70. The number of hydrogen-bond acceptors (Lipinski definition) is 4. The van der Waals surface area contributed by atoms with Crippen LogP contribution in [0.3, 0.4) is 0 Å². The Labute approximate surface area is 181 Å². The second kappa shape index (κ2) is 7.37. The van der Waals surface area contributed by atoms with Crippen molar-refractivity contribution < 1.29 is 18.3 Å². The predicted molar refractivity (Wildman–Crippen MR) is 114 cm³/mol. The van der Waals surface area contributed by atoms with Crippen molar-refractivity contribution in [1.29, 1.82) is 0 Å². The summed E-state index contributed by atoms with van der Waals surface area (Å²) in [7, 11) is 0. The zero-order valence-electron chi connectivity index (χ0n) is 14.9. The highest BCUT2D eigenvalue weighted by Crippen LogP contribution is 2.36. The van der Waals surface area contributed by atoms with E-state index < -0.39 is 23.2 Å². The molecule has 0 amide bonds. The smallest absolute Gasteiger partial charge is 0.416 e. The minimum Gasteiger partial charge on any atom is -0.494 e. The number of alkyl halides is 3. The molecule has 1 aliphatic rings. The van der Waals surface area contributed by atoms with Crippen molar-refractivity contribution in [1.82, 2.24) is 9.55 Å². The van der Waals surface area contributed by atoms with Gasteiger partial charge in [0.15, 0.2) is 4.77 Å². The molecule has 0 atom stereocenters. The monoisotopic (exact) mass is 493 g/mol. The minimum absolute atomic E-state index is 0.0357. The molecule has 0 saturated heterocycles. The number of halogens is 4. The highest BCUT2D eigenvalue weighted by atomic mass is 79.9. The van der Waals surface area contributed by atoms with E-state index in [0.29, 0.717) is 11.3 Å². The van der Waals surface area contributed by atoms with Gasteiger partial charge in [-0.15, -0.1) is 0 Å². The summed E-state index contributed by atoms with van der Waals surface area (Å²) < 4.78 is 40.8. The van der Waals surface area contributed by atoms with Crippen molar-refractivity contribution in [3.8, 4) is 11.6 Å². The maximum Gasteiger partial charge on any atom is 0.416 e. The molecular weight excluding hydrogens is 483 g/mol. The van der Waals surface area contributed by atoms with Gasteiger partial charge in [0.2, 0.25) is 5.88 Å². The van der Waals surface area contributed by atoms with E-state index in [1.54, 1.807) is 6.07 Å². The van der Waals surface area contributed by atoms with E-state index in [2.05, 4.69) is 25.9 Å². The first-order valence-corrected chi connectivity index (χ1v) is 9.67. The summed E-state index contributed by atoms with van der Waals surface area (Å²) in [6.45, 7) is 0. The third-order valence-corrected chi connectivity index (χ3v) is 5.24. The molecule has 1 aliphatic heterocycles. The van der Waals surface area contributed by atoms with Gasteiger partial charge in [-0.1, -0.05) is 22.0 Å². The summed E-state index contributed by atoms with van der Waals surface area (Å²) in [6.07, 6.45) is -1.63. The van der Waals surface area contributed by atoms with E-state index in [-0.39, 0.29) is 16.0 Å². The van der Waals surface area contributed by atoms with Crippen LogP contribution in [0.25, 0.3) is 17.3 Å². The number of allylic oxidation sites excluding steroid dienone is 1. The van der Waals surface area contributed by atoms with Crippen LogP contribution in [-0.4, -0.2) is 20.9 Å². The molecule has 4 rings (SSSR count). The third kappa shape index (κ3) is 3.63. The molecule has 30 heavy (non-hydrogen) atoms. The lowest BCUT2D eigenvalue weighted by atomic mass is 10.1. The van der Waals surface area contributed by atoms with Crippen molar-refractivity contribution in [3.63, 3.8) is 0 Å². The Morgan fingerprint density at radius 1 is 1.20 bits per heavy atom. The first-order chi connectivity index (χ1) is 14.1. The van der Waals surface area contributed by atoms with Gasteiger partial charge in [-0.3, -0.25) is 19.3 Å². The van der Waals surface area contributed by atoms with Crippen LogP contribution in [0.15, 0.2) is 56.7 Å². The van der Waals surface area contributed by atoms with Crippen LogP contribution in [0, 0.1) is 4.77 Å². The highest BCUT2D eigenvalue weighted by molar-refractivity contribution is 9.10. The fourth-order valence-corrected chi connectivity index (χ4v) is 3.71. The van der Waals surface area contributed by atoms with Crippen LogP contribution in [0.5, 0.6) is 5.88 Å². The molecule has 5 nitrogen and oxygen atoms in total. The normalized spacial score (nSPS) is 14.3. The van der Waals surface area contributed by atoms with E-state index in [1.807, 2.05) is 12.1 Å². The Kier molecular flexibility index (Phi) is 4.99.